The molecular weight excluding hydrogens is 380 g/mol. The minimum Gasteiger partial charge on any atom is -0.288 e. The molecule has 122 valence electrons. The van der Waals surface area contributed by atoms with Crippen LogP contribution in [0.25, 0.3) is 6.08 Å². The van der Waals surface area contributed by atoms with Gasteiger partial charge in [0.2, 0.25) is 0 Å². The van der Waals surface area contributed by atoms with Crippen LogP contribution in [-0.4, -0.2) is 18.8 Å². The van der Waals surface area contributed by atoms with Gasteiger partial charge < -0.3 is 0 Å². The number of rotatable bonds is 3. The topological polar surface area (TPSA) is 71.4 Å². The zero-order valence-electron chi connectivity index (χ0n) is 13.0. The van der Waals surface area contributed by atoms with Crippen LogP contribution >= 0.6 is 15.9 Å². The van der Waals surface area contributed by atoms with Crippen LogP contribution in [0.2, 0.25) is 0 Å². The van der Waals surface area contributed by atoms with E-state index in [-0.39, 0.29) is 16.6 Å². The molecule has 1 N–H and O–H groups in total. The van der Waals surface area contributed by atoms with E-state index in [2.05, 4.69) is 15.9 Å². The number of hydrogen-bond acceptors (Lipinski definition) is 3. The Morgan fingerprint density at radius 3 is 2.39 bits per heavy atom. The lowest BCUT2D eigenvalue weighted by molar-refractivity contribution is -0.112. The lowest BCUT2D eigenvalue weighted by atomic mass is 9.88. The molecule has 1 aromatic rings. The third-order valence-electron chi connectivity index (χ3n) is 3.66. The van der Waals surface area contributed by atoms with Gasteiger partial charge in [-0.15, -0.1) is 0 Å². The highest BCUT2D eigenvalue weighted by Gasteiger charge is 2.24. The Hall–Kier alpha value is -1.50. The van der Waals surface area contributed by atoms with Crippen LogP contribution in [0.3, 0.4) is 0 Å². The maximum atomic E-state index is 12.3. The van der Waals surface area contributed by atoms with Gasteiger partial charge in [0.25, 0.3) is 10.1 Å². The van der Waals surface area contributed by atoms with Gasteiger partial charge >= 0.3 is 0 Å². The summed E-state index contributed by atoms with van der Waals surface area (Å²) < 4.78 is 32.8. The van der Waals surface area contributed by atoms with Crippen LogP contribution in [0.4, 0.5) is 0 Å². The molecule has 23 heavy (non-hydrogen) atoms. The predicted molar refractivity (Wildman–Crippen MR) is 93.8 cm³/mol. The number of allylic oxidation sites excluding steroid dienone is 5. The maximum absolute atomic E-state index is 12.3. The highest BCUT2D eigenvalue weighted by atomic mass is 79.9. The summed E-state index contributed by atoms with van der Waals surface area (Å²) in [5.74, 6) is -0.0129. The van der Waals surface area contributed by atoms with E-state index in [1.165, 1.54) is 6.07 Å². The summed E-state index contributed by atoms with van der Waals surface area (Å²) in [5, 5.41) is 0. The number of carbonyl (C=O) groups excluding carboxylic acids is 1. The fraction of sp³-hybridized carbons (Fsp3) is 0.235. The van der Waals surface area contributed by atoms with E-state index in [9.17, 15) is 17.8 Å². The van der Waals surface area contributed by atoms with Crippen LogP contribution in [-0.2, 0) is 14.9 Å². The van der Waals surface area contributed by atoms with Gasteiger partial charge in [-0.25, -0.2) is 0 Å². The molecule has 6 heteroatoms. The highest BCUT2D eigenvalue weighted by molar-refractivity contribution is 9.12. The fourth-order valence-electron chi connectivity index (χ4n) is 2.35. The summed E-state index contributed by atoms with van der Waals surface area (Å²) in [6.45, 7) is 5.64. The molecule has 1 aliphatic rings. The van der Waals surface area contributed by atoms with E-state index < -0.39 is 10.1 Å². The second-order valence-corrected chi connectivity index (χ2v) is 7.82. The zero-order chi connectivity index (χ0) is 17.4. The first-order valence-electron chi connectivity index (χ1n) is 7.04. The monoisotopic (exact) mass is 396 g/mol. The van der Waals surface area contributed by atoms with Crippen molar-refractivity contribution in [2.45, 2.75) is 25.7 Å². The lowest BCUT2D eigenvalue weighted by Gasteiger charge is -2.19. The molecular formula is C17H17BrO4S. The Kier molecular flexibility index (Phi) is 5.08. The summed E-state index contributed by atoms with van der Waals surface area (Å²) >= 11 is 3.32. The minimum atomic E-state index is -4.32. The molecule has 0 saturated heterocycles. The van der Waals surface area contributed by atoms with Crippen molar-refractivity contribution in [2.75, 3.05) is 0 Å². The molecule has 0 bridgehead atoms. The molecule has 1 aliphatic carbocycles. The second kappa shape index (κ2) is 6.55. The summed E-state index contributed by atoms with van der Waals surface area (Å²) in [7, 11) is -4.32. The van der Waals surface area contributed by atoms with E-state index in [4.69, 9.17) is 0 Å². The Morgan fingerprint density at radius 2 is 1.83 bits per heavy atom. The van der Waals surface area contributed by atoms with Gasteiger partial charge in [0.1, 0.15) is 4.90 Å². The van der Waals surface area contributed by atoms with Crippen molar-refractivity contribution in [2.24, 2.45) is 5.92 Å². The summed E-state index contributed by atoms with van der Waals surface area (Å²) in [6, 6.07) is 6.19. The Balaban J connectivity index is 2.66. The number of benzene rings is 1. The lowest BCUT2D eigenvalue weighted by Crippen LogP contribution is -2.14. The van der Waals surface area contributed by atoms with Crippen molar-refractivity contribution in [3.8, 4) is 0 Å². The largest absolute Gasteiger partial charge is 0.295 e. The Bertz CT molecular complexity index is 858. The van der Waals surface area contributed by atoms with Gasteiger partial charge in [0, 0.05) is 5.57 Å². The van der Waals surface area contributed by atoms with Crippen molar-refractivity contribution in [3.63, 3.8) is 0 Å². The van der Waals surface area contributed by atoms with E-state index >= 15 is 0 Å². The van der Waals surface area contributed by atoms with E-state index in [1.54, 1.807) is 37.3 Å². The van der Waals surface area contributed by atoms with Crippen molar-refractivity contribution < 1.29 is 17.8 Å². The highest BCUT2D eigenvalue weighted by Crippen LogP contribution is 2.34. The van der Waals surface area contributed by atoms with Crippen molar-refractivity contribution in [3.05, 3.63) is 57.1 Å². The smallest absolute Gasteiger partial charge is 0.288 e. The molecule has 0 aliphatic heterocycles. The normalized spacial score (nSPS) is 17.9. The number of halogens is 1. The SMILES string of the molecule is CC1=C(Br)C(=O)C(C(C)C)=C/C1=C\c1ccccc1S(=O)(=O)O. The maximum Gasteiger partial charge on any atom is 0.295 e. The first-order chi connectivity index (χ1) is 10.6. The average molecular weight is 397 g/mol. The summed E-state index contributed by atoms with van der Waals surface area (Å²) in [6.07, 6.45) is 3.43. The zero-order valence-corrected chi connectivity index (χ0v) is 15.4. The van der Waals surface area contributed by atoms with E-state index in [0.29, 0.717) is 15.6 Å². The van der Waals surface area contributed by atoms with Crippen LogP contribution in [0.5, 0.6) is 0 Å². The predicted octanol–water partition coefficient (Wildman–Crippen LogP) is 4.15. The van der Waals surface area contributed by atoms with Crippen LogP contribution in [0.1, 0.15) is 26.3 Å². The molecule has 0 fully saturated rings. The van der Waals surface area contributed by atoms with Gasteiger partial charge in [0.05, 0.1) is 4.48 Å². The number of Topliss-reactive ketones (excluding diaryl/α,β-unsaturated/α-hetero) is 1. The standard InChI is InChI=1S/C17H17BrO4S/c1-10(2)14-9-13(11(3)16(18)17(14)19)8-12-6-4-5-7-15(12)23(20,21)22/h4-10H,1-3H3,(H,20,21,22)/b13-8+. The number of carbonyl (C=O) groups is 1. The summed E-state index contributed by atoms with van der Waals surface area (Å²) in [5.41, 5.74) is 2.48. The molecule has 0 saturated carbocycles. The summed E-state index contributed by atoms with van der Waals surface area (Å²) in [4.78, 5) is 12.1. The van der Waals surface area contributed by atoms with Crippen molar-refractivity contribution in [1.82, 2.24) is 0 Å². The first kappa shape index (κ1) is 17.8. The molecule has 0 atom stereocenters. The van der Waals surface area contributed by atoms with Crippen molar-refractivity contribution >= 4 is 37.9 Å². The average Bonchev–Trinajstić information content (AvgIpc) is 2.47. The number of hydrogen-bond donors (Lipinski definition) is 1. The Morgan fingerprint density at radius 1 is 1.22 bits per heavy atom. The molecule has 1 aromatic carbocycles. The third-order valence-corrected chi connectivity index (χ3v) is 5.55. The molecule has 0 unspecified atom stereocenters. The van der Waals surface area contributed by atoms with Gasteiger partial charge in [-0.2, -0.15) is 8.42 Å². The molecule has 4 nitrogen and oxygen atoms in total. The molecule has 2 rings (SSSR count). The van der Waals surface area contributed by atoms with E-state index in [0.717, 1.165) is 11.1 Å². The first-order valence-corrected chi connectivity index (χ1v) is 9.27. The molecule has 0 spiro atoms. The number of ketones is 1. The van der Waals surface area contributed by atoms with Crippen LogP contribution < -0.4 is 0 Å². The van der Waals surface area contributed by atoms with Crippen molar-refractivity contribution in [1.29, 1.82) is 0 Å². The molecule has 0 amide bonds. The van der Waals surface area contributed by atoms with Gasteiger partial charge in [0.15, 0.2) is 5.78 Å². The second-order valence-electron chi connectivity index (χ2n) is 5.64. The van der Waals surface area contributed by atoms with Crippen LogP contribution in [0.15, 0.2) is 56.4 Å². The molecule has 0 radical (unpaired) electrons. The van der Waals surface area contributed by atoms with Gasteiger partial charge in [-0.05, 0) is 63.7 Å². The molecule has 0 heterocycles. The van der Waals surface area contributed by atoms with E-state index in [1.807, 2.05) is 13.8 Å². The quantitative estimate of drug-likeness (QED) is 0.778. The van der Waals surface area contributed by atoms with Gasteiger partial charge in [-0.1, -0.05) is 32.0 Å². The van der Waals surface area contributed by atoms with Crippen LogP contribution in [0, 0.1) is 5.92 Å². The molecule has 0 aromatic heterocycles. The van der Waals surface area contributed by atoms with Gasteiger partial charge in [-0.3, -0.25) is 9.35 Å². The Labute approximate surface area is 144 Å². The third kappa shape index (κ3) is 3.71. The minimum absolute atomic E-state index is 0.0448. The fourth-order valence-corrected chi connectivity index (χ4v) is 3.48.